The van der Waals surface area contributed by atoms with Gasteiger partial charge in [0, 0.05) is 12.4 Å². The van der Waals surface area contributed by atoms with Crippen molar-refractivity contribution in [3.8, 4) is 10.7 Å². The van der Waals surface area contributed by atoms with Crippen molar-refractivity contribution in [1.29, 1.82) is 0 Å². The molecule has 0 saturated heterocycles. The van der Waals surface area contributed by atoms with E-state index in [4.69, 9.17) is 0 Å². The van der Waals surface area contributed by atoms with Gasteiger partial charge in [0.15, 0.2) is 5.82 Å². The molecule has 2 rings (SSSR count). The van der Waals surface area contributed by atoms with Crippen LogP contribution in [0.4, 0.5) is 0 Å². The van der Waals surface area contributed by atoms with E-state index in [0.29, 0.717) is 0 Å². The zero-order chi connectivity index (χ0) is 9.10. The van der Waals surface area contributed by atoms with E-state index >= 15 is 0 Å². The Hall–Kier alpha value is -0.940. The maximum atomic E-state index is 4.36. The summed E-state index contributed by atoms with van der Waals surface area (Å²) >= 11 is 3.16. The van der Waals surface area contributed by atoms with Gasteiger partial charge in [-0.2, -0.15) is 0 Å². The Balaban J connectivity index is 2.41. The molecule has 2 heterocycles. The lowest BCUT2D eigenvalue weighted by atomic mass is 10.5. The molecule has 0 saturated carbocycles. The predicted octanol–water partition coefficient (Wildman–Crippen LogP) is 2.32. The number of nitrogens with zero attached hydrogens (tertiary/aromatic N) is 3. The lowest BCUT2D eigenvalue weighted by Crippen LogP contribution is -1.86. The van der Waals surface area contributed by atoms with Crippen molar-refractivity contribution in [3.05, 3.63) is 24.0 Å². The van der Waals surface area contributed by atoms with Gasteiger partial charge in [-0.05, 0) is 12.3 Å². The van der Waals surface area contributed by atoms with Crippen LogP contribution in [0.5, 0.6) is 0 Å². The summed E-state index contributed by atoms with van der Waals surface area (Å²) in [6, 6.07) is 1.90. The maximum Gasteiger partial charge on any atom is 0.172 e. The third-order valence-corrected chi connectivity index (χ3v) is 2.91. The summed E-state index contributed by atoms with van der Waals surface area (Å²) in [5.41, 5.74) is 1.78. The lowest BCUT2D eigenvalue weighted by molar-refractivity contribution is 1.06. The summed E-state index contributed by atoms with van der Waals surface area (Å²) in [6.45, 7) is 0. The highest BCUT2D eigenvalue weighted by Crippen LogP contribution is 2.20. The largest absolute Gasteiger partial charge is 0.252 e. The smallest absolute Gasteiger partial charge is 0.172 e. The molecule has 0 fully saturated rings. The van der Waals surface area contributed by atoms with Crippen molar-refractivity contribution < 1.29 is 0 Å². The number of aromatic nitrogens is 3. The average molecular weight is 209 g/mol. The van der Waals surface area contributed by atoms with E-state index in [-0.39, 0.29) is 0 Å². The zero-order valence-corrected chi connectivity index (χ0v) is 8.60. The first-order valence-electron chi connectivity index (χ1n) is 3.66. The number of hydrogen-bond acceptors (Lipinski definition) is 5. The van der Waals surface area contributed by atoms with E-state index in [1.807, 2.05) is 12.3 Å². The first kappa shape index (κ1) is 8.65. The second-order valence-electron chi connectivity index (χ2n) is 2.29. The molecule has 0 aliphatic rings. The Morgan fingerprint density at radius 3 is 3.08 bits per heavy atom. The minimum Gasteiger partial charge on any atom is -0.252 e. The Labute approximate surface area is 84.3 Å². The molecule has 66 valence electrons. The van der Waals surface area contributed by atoms with Crippen LogP contribution >= 0.6 is 23.1 Å². The van der Waals surface area contributed by atoms with Crippen LogP contribution in [-0.2, 0) is 0 Å². The van der Waals surface area contributed by atoms with E-state index in [1.54, 1.807) is 41.0 Å². The molecule has 0 spiro atoms. The van der Waals surface area contributed by atoms with Gasteiger partial charge in [-0.1, -0.05) is 0 Å². The fraction of sp³-hybridized carbons (Fsp3) is 0.125. The van der Waals surface area contributed by atoms with Gasteiger partial charge in [0.2, 0.25) is 0 Å². The molecule has 5 heteroatoms. The number of thioether (sulfide) groups is 1. The first-order chi connectivity index (χ1) is 6.40. The summed E-state index contributed by atoms with van der Waals surface area (Å²) in [5.74, 6) is 0.759. The second-order valence-corrected chi connectivity index (χ2v) is 4.00. The summed E-state index contributed by atoms with van der Waals surface area (Å²) in [7, 11) is 0. The SMILES string of the molecule is CSc1ccnc(-c2cncs2)n1. The number of rotatable bonds is 2. The Kier molecular flexibility index (Phi) is 2.56. The molecular formula is C8H7N3S2. The van der Waals surface area contributed by atoms with E-state index in [2.05, 4.69) is 15.0 Å². The van der Waals surface area contributed by atoms with E-state index < -0.39 is 0 Å². The summed E-state index contributed by atoms with van der Waals surface area (Å²) < 4.78 is 0. The second kappa shape index (κ2) is 3.85. The van der Waals surface area contributed by atoms with Crippen molar-refractivity contribution in [3.63, 3.8) is 0 Å². The third kappa shape index (κ3) is 1.87. The fourth-order valence-corrected chi connectivity index (χ4v) is 1.84. The normalized spacial score (nSPS) is 10.2. The van der Waals surface area contributed by atoms with Crippen LogP contribution in [0.15, 0.2) is 29.0 Å². The molecule has 0 unspecified atom stereocenters. The van der Waals surface area contributed by atoms with E-state index in [1.165, 1.54) is 0 Å². The highest BCUT2D eigenvalue weighted by atomic mass is 32.2. The molecular weight excluding hydrogens is 202 g/mol. The molecule has 0 atom stereocenters. The van der Waals surface area contributed by atoms with Gasteiger partial charge in [0.05, 0.1) is 15.4 Å². The van der Waals surface area contributed by atoms with Gasteiger partial charge >= 0.3 is 0 Å². The summed E-state index contributed by atoms with van der Waals surface area (Å²) in [6.07, 6.45) is 5.55. The molecule has 0 amide bonds. The van der Waals surface area contributed by atoms with E-state index in [0.717, 1.165) is 15.7 Å². The van der Waals surface area contributed by atoms with Crippen molar-refractivity contribution in [1.82, 2.24) is 15.0 Å². The Morgan fingerprint density at radius 1 is 1.46 bits per heavy atom. The fourth-order valence-electron chi connectivity index (χ4n) is 0.901. The monoisotopic (exact) mass is 209 g/mol. The molecule has 0 bridgehead atoms. The molecule has 0 aliphatic heterocycles. The Bertz CT molecular complexity index is 386. The topological polar surface area (TPSA) is 38.7 Å². The average Bonchev–Trinajstić information content (AvgIpc) is 2.71. The van der Waals surface area contributed by atoms with Crippen molar-refractivity contribution >= 4 is 23.1 Å². The van der Waals surface area contributed by atoms with Crippen LogP contribution in [0.25, 0.3) is 10.7 Å². The highest BCUT2D eigenvalue weighted by molar-refractivity contribution is 7.98. The van der Waals surface area contributed by atoms with Crippen LogP contribution in [0, 0.1) is 0 Å². The molecule has 0 aromatic carbocycles. The minimum atomic E-state index is 0.759. The number of thiazole rings is 1. The molecule has 2 aromatic heterocycles. The van der Waals surface area contributed by atoms with Gasteiger partial charge in [-0.3, -0.25) is 4.98 Å². The highest BCUT2D eigenvalue weighted by Gasteiger charge is 2.02. The molecule has 0 radical (unpaired) electrons. The zero-order valence-electron chi connectivity index (χ0n) is 6.97. The van der Waals surface area contributed by atoms with Crippen molar-refractivity contribution in [2.75, 3.05) is 6.26 Å². The van der Waals surface area contributed by atoms with Crippen LogP contribution < -0.4 is 0 Å². The van der Waals surface area contributed by atoms with Crippen molar-refractivity contribution in [2.24, 2.45) is 0 Å². The summed E-state index contributed by atoms with van der Waals surface area (Å²) in [4.78, 5) is 13.5. The minimum absolute atomic E-state index is 0.759. The molecule has 13 heavy (non-hydrogen) atoms. The molecule has 2 aromatic rings. The van der Waals surface area contributed by atoms with Crippen LogP contribution in [0.2, 0.25) is 0 Å². The quantitative estimate of drug-likeness (QED) is 0.562. The Morgan fingerprint density at radius 2 is 2.38 bits per heavy atom. The van der Waals surface area contributed by atoms with Gasteiger partial charge in [-0.25, -0.2) is 9.97 Å². The lowest BCUT2D eigenvalue weighted by Gasteiger charge is -1.97. The molecule has 0 N–H and O–H groups in total. The molecule has 0 aliphatic carbocycles. The first-order valence-corrected chi connectivity index (χ1v) is 5.76. The predicted molar refractivity (Wildman–Crippen MR) is 54.9 cm³/mol. The van der Waals surface area contributed by atoms with E-state index in [9.17, 15) is 0 Å². The van der Waals surface area contributed by atoms with Crippen LogP contribution in [0.1, 0.15) is 0 Å². The number of hydrogen-bond donors (Lipinski definition) is 0. The van der Waals surface area contributed by atoms with Crippen LogP contribution in [0.3, 0.4) is 0 Å². The third-order valence-electron chi connectivity index (χ3n) is 1.49. The maximum absolute atomic E-state index is 4.36. The van der Waals surface area contributed by atoms with Gasteiger partial charge in [0.1, 0.15) is 0 Å². The van der Waals surface area contributed by atoms with Gasteiger partial charge in [-0.15, -0.1) is 23.1 Å². The standard InChI is InChI=1S/C8H7N3S2/c1-12-7-2-3-10-8(11-7)6-4-9-5-13-6/h2-5H,1H3. The molecule has 3 nitrogen and oxygen atoms in total. The van der Waals surface area contributed by atoms with Gasteiger partial charge in [0.25, 0.3) is 0 Å². The van der Waals surface area contributed by atoms with Crippen molar-refractivity contribution in [2.45, 2.75) is 5.03 Å². The summed E-state index contributed by atoms with van der Waals surface area (Å²) in [5, 5.41) is 0.985. The van der Waals surface area contributed by atoms with Gasteiger partial charge < -0.3 is 0 Å². The van der Waals surface area contributed by atoms with Crippen LogP contribution in [-0.4, -0.2) is 21.2 Å².